The molecule has 3 aromatic rings. The predicted octanol–water partition coefficient (Wildman–Crippen LogP) is 5.95. The van der Waals surface area contributed by atoms with Crippen molar-refractivity contribution in [3.63, 3.8) is 0 Å². The Bertz CT molecular complexity index is 719. The molecule has 1 aromatic carbocycles. The first-order valence-corrected chi connectivity index (χ1v) is 9.41. The summed E-state index contributed by atoms with van der Waals surface area (Å²) < 4.78 is 2.18. The molecule has 2 aromatic heterocycles. The van der Waals surface area contributed by atoms with E-state index in [0.717, 1.165) is 12.5 Å². The van der Waals surface area contributed by atoms with Crippen molar-refractivity contribution in [2.24, 2.45) is 0 Å². The van der Waals surface area contributed by atoms with E-state index in [2.05, 4.69) is 51.3 Å². The van der Waals surface area contributed by atoms with E-state index in [1.807, 2.05) is 23.9 Å². The monoisotopic (exact) mass is 324 g/mol. The van der Waals surface area contributed by atoms with E-state index >= 15 is 0 Å². The second-order valence-corrected chi connectivity index (χ2v) is 7.41. The molecular weight excluding hydrogens is 300 g/mol. The SMILES string of the molecule is [HH].c1cc2c(s1)Cn1cncc1-2.c1ccc(C2CCCCC2)cc1. The Morgan fingerprint density at radius 1 is 1.04 bits per heavy atom. The largest absolute Gasteiger partial charge is 0.325 e. The van der Waals surface area contributed by atoms with Gasteiger partial charge in [-0.1, -0.05) is 49.6 Å². The van der Waals surface area contributed by atoms with Gasteiger partial charge in [0.2, 0.25) is 0 Å². The van der Waals surface area contributed by atoms with Gasteiger partial charge in [0.05, 0.1) is 24.8 Å². The van der Waals surface area contributed by atoms with Crippen molar-refractivity contribution in [3.8, 4) is 11.3 Å². The molecule has 1 saturated carbocycles. The Balaban J connectivity index is 0.000000135. The molecule has 3 heteroatoms. The molecule has 120 valence electrons. The average molecular weight is 324 g/mol. The second kappa shape index (κ2) is 6.71. The number of thiophene rings is 1. The second-order valence-electron chi connectivity index (χ2n) is 6.41. The molecule has 1 fully saturated rings. The highest BCUT2D eigenvalue weighted by molar-refractivity contribution is 7.10. The fourth-order valence-corrected chi connectivity index (χ4v) is 4.56. The lowest BCUT2D eigenvalue weighted by Crippen LogP contribution is -2.03. The molecular formula is C20H24N2S. The number of hydrogen-bond acceptors (Lipinski definition) is 2. The van der Waals surface area contributed by atoms with E-state index in [0.29, 0.717) is 0 Å². The normalized spacial score (nSPS) is 16.3. The van der Waals surface area contributed by atoms with Crippen LogP contribution in [0.1, 0.15) is 49.9 Å². The standard InChI is InChI=1S/C12H16.C8H6N2S.H2/c1-3-7-11(8-4-1)12-9-5-2-6-10-12;1-2-11-8-4-10-5-9-3-7(10)6(1)8;/h1,3-4,7-8,12H,2,5-6,9-10H2;1-3,5H,4H2;1H. The highest BCUT2D eigenvalue weighted by Gasteiger charge is 2.18. The molecule has 0 spiro atoms. The van der Waals surface area contributed by atoms with Crippen LogP contribution in [0.15, 0.2) is 54.3 Å². The third kappa shape index (κ3) is 3.11. The third-order valence-electron chi connectivity index (χ3n) is 4.92. The molecule has 0 bridgehead atoms. The summed E-state index contributed by atoms with van der Waals surface area (Å²) in [6.45, 7) is 1.02. The molecule has 5 rings (SSSR count). The molecule has 0 unspecified atom stereocenters. The van der Waals surface area contributed by atoms with Gasteiger partial charge in [-0.05, 0) is 35.8 Å². The molecule has 0 radical (unpaired) electrons. The molecule has 2 nitrogen and oxygen atoms in total. The summed E-state index contributed by atoms with van der Waals surface area (Å²) in [5.41, 5.74) is 4.19. The van der Waals surface area contributed by atoms with Crippen molar-refractivity contribution in [3.05, 3.63) is 64.7 Å². The van der Waals surface area contributed by atoms with Crippen LogP contribution in [0.4, 0.5) is 0 Å². The lowest BCUT2D eigenvalue weighted by atomic mass is 9.84. The first-order valence-electron chi connectivity index (χ1n) is 8.53. The average Bonchev–Trinajstić information content (AvgIpc) is 3.31. The van der Waals surface area contributed by atoms with Crippen LogP contribution in [0.3, 0.4) is 0 Å². The Morgan fingerprint density at radius 2 is 1.87 bits per heavy atom. The third-order valence-corrected chi connectivity index (χ3v) is 5.83. The van der Waals surface area contributed by atoms with Crippen molar-refractivity contribution in [2.45, 2.75) is 44.6 Å². The van der Waals surface area contributed by atoms with Crippen molar-refractivity contribution in [1.82, 2.24) is 9.55 Å². The van der Waals surface area contributed by atoms with Gasteiger partial charge in [-0.2, -0.15) is 0 Å². The zero-order valence-corrected chi connectivity index (χ0v) is 14.1. The summed E-state index contributed by atoms with van der Waals surface area (Å²) >= 11 is 1.82. The molecule has 0 N–H and O–H groups in total. The highest BCUT2D eigenvalue weighted by atomic mass is 32.1. The van der Waals surface area contributed by atoms with Crippen LogP contribution in [0.2, 0.25) is 0 Å². The van der Waals surface area contributed by atoms with Gasteiger partial charge >= 0.3 is 0 Å². The van der Waals surface area contributed by atoms with Crippen molar-refractivity contribution >= 4 is 11.3 Å². The van der Waals surface area contributed by atoms with Gasteiger partial charge in [0.25, 0.3) is 0 Å². The smallest absolute Gasteiger partial charge is 0.0954 e. The molecule has 2 aliphatic rings. The van der Waals surface area contributed by atoms with E-state index in [1.54, 1.807) is 5.56 Å². The van der Waals surface area contributed by atoms with Crippen LogP contribution in [0.5, 0.6) is 0 Å². The van der Waals surface area contributed by atoms with E-state index in [1.165, 1.54) is 48.2 Å². The minimum absolute atomic E-state index is 0. The Morgan fingerprint density at radius 3 is 2.70 bits per heavy atom. The van der Waals surface area contributed by atoms with E-state index in [-0.39, 0.29) is 1.43 Å². The van der Waals surface area contributed by atoms with Crippen molar-refractivity contribution < 1.29 is 1.43 Å². The molecule has 1 aliphatic heterocycles. The van der Waals surface area contributed by atoms with E-state index in [9.17, 15) is 0 Å². The first-order chi connectivity index (χ1) is 11.4. The van der Waals surface area contributed by atoms with E-state index < -0.39 is 0 Å². The lowest BCUT2D eigenvalue weighted by molar-refractivity contribution is 0.443. The first kappa shape index (κ1) is 14.7. The maximum atomic E-state index is 4.09. The topological polar surface area (TPSA) is 17.8 Å². The van der Waals surface area contributed by atoms with Crippen LogP contribution in [-0.4, -0.2) is 9.55 Å². The van der Waals surface area contributed by atoms with Crippen LogP contribution >= 0.6 is 11.3 Å². The van der Waals surface area contributed by atoms with Crippen LogP contribution < -0.4 is 0 Å². The summed E-state index contributed by atoms with van der Waals surface area (Å²) in [4.78, 5) is 5.55. The van der Waals surface area contributed by atoms with Gasteiger partial charge in [-0.25, -0.2) is 4.98 Å². The Kier molecular flexibility index (Phi) is 4.29. The summed E-state index contributed by atoms with van der Waals surface area (Å²) in [7, 11) is 0. The number of imidazole rings is 1. The highest BCUT2D eigenvalue weighted by Crippen LogP contribution is 2.34. The lowest BCUT2D eigenvalue weighted by Gasteiger charge is -2.21. The van der Waals surface area contributed by atoms with Gasteiger partial charge < -0.3 is 4.57 Å². The maximum Gasteiger partial charge on any atom is 0.0954 e. The maximum absolute atomic E-state index is 4.09. The molecule has 0 atom stereocenters. The Hall–Kier alpha value is -1.87. The Labute approximate surface area is 143 Å². The molecule has 0 saturated heterocycles. The number of nitrogens with zero attached hydrogens (tertiary/aromatic N) is 2. The molecule has 23 heavy (non-hydrogen) atoms. The number of aromatic nitrogens is 2. The number of hydrogen-bond donors (Lipinski definition) is 0. The summed E-state index contributed by atoms with van der Waals surface area (Å²) in [6.07, 6.45) is 10.9. The summed E-state index contributed by atoms with van der Waals surface area (Å²) in [5, 5.41) is 2.14. The molecule has 1 aliphatic carbocycles. The number of fused-ring (bicyclic) bond motifs is 3. The number of benzene rings is 1. The van der Waals surface area contributed by atoms with Gasteiger partial charge in [0.1, 0.15) is 0 Å². The number of rotatable bonds is 1. The minimum atomic E-state index is 0. The summed E-state index contributed by atoms with van der Waals surface area (Å²) in [5.74, 6) is 0.861. The van der Waals surface area contributed by atoms with Crippen LogP contribution in [0.25, 0.3) is 11.3 Å². The van der Waals surface area contributed by atoms with Gasteiger partial charge in [0.15, 0.2) is 0 Å². The fourth-order valence-electron chi connectivity index (χ4n) is 3.68. The zero-order chi connectivity index (χ0) is 15.5. The van der Waals surface area contributed by atoms with Crippen LogP contribution in [-0.2, 0) is 6.54 Å². The zero-order valence-electron chi connectivity index (χ0n) is 13.3. The van der Waals surface area contributed by atoms with Gasteiger partial charge in [-0.3, -0.25) is 0 Å². The van der Waals surface area contributed by atoms with Gasteiger partial charge in [-0.15, -0.1) is 11.3 Å². The minimum Gasteiger partial charge on any atom is -0.325 e. The fraction of sp³-hybridized carbons (Fsp3) is 0.350. The van der Waals surface area contributed by atoms with Crippen molar-refractivity contribution in [2.75, 3.05) is 0 Å². The quantitative estimate of drug-likeness (QED) is 0.423. The van der Waals surface area contributed by atoms with E-state index in [4.69, 9.17) is 0 Å². The molecule has 3 heterocycles. The summed E-state index contributed by atoms with van der Waals surface area (Å²) in [6, 6.07) is 13.1. The van der Waals surface area contributed by atoms with Crippen molar-refractivity contribution in [1.29, 1.82) is 0 Å². The molecule has 0 amide bonds. The van der Waals surface area contributed by atoms with Crippen LogP contribution in [0, 0.1) is 0 Å². The van der Waals surface area contributed by atoms with Gasteiger partial charge in [0, 0.05) is 11.9 Å². The predicted molar refractivity (Wildman–Crippen MR) is 99.0 cm³/mol.